The number of nitro benzene ring substituents is 1. The topological polar surface area (TPSA) is 52.4 Å². The van der Waals surface area contributed by atoms with Gasteiger partial charge in [-0.15, -0.1) is 0 Å². The monoisotopic (exact) mass is 325 g/mol. The summed E-state index contributed by atoms with van der Waals surface area (Å²) in [6.45, 7) is 0.0645. The van der Waals surface area contributed by atoms with Gasteiger partial charge < -0.3 is 4.74 Å². The average molecular weight is 326 g/mol. The molecule has 4 nitrogen and oxygen atoms in total. The van der Waals surface area contributed by atoms with Gasteiger partial charge in [-0.05, 0) is 23.8 Å². The Kier molecular flexibility index (Phi) is 4.11. The quantitative estimate of drug-likeness (QED) is 0.628. The van der Waals surface area contributed by atoms with E-state index in [0.29, 0.717) is 0 Å². The summed E-state index contributed by atoms with van der Waals surface area (Å²) >= 11 is 3.29. The summed E-state index contributed by atoms with van der Waals surface area (Å²) in [6.07, 6.45) is 0. The number of hydrogen-bond acceptors (Lipinski definition) is 3. The molecule has 98 valence electrons. The van der Waals surface area contributed by atoms with Crippen LogP contribution < -0.4 is 4.74 Å². The fourth-order valence-corrected chi connectivity index (χ4v) is 1.78. The highest BCUT2D eigenvalue weighted by Gasteiger charge is 2.19. The minimum Gasteiger partial charge on any atom is -0.480 e. The van der Waals surface area contributed by atoms with Crippen molar-refractivity contribution in [3.05, 3.63) is 68.4 Å². The molecule has 0 saturated heterocycles. The lowest BCUT2D eigenvalue weighted by Gasteiger charge is -2.07. The Balaban J connectivity index is 2.19. The van der Waals surface area contributed by atoms with Gasteiger partial charge in [-0.1, -0.05) is 34.1 Å². The smallest absolute Gasteiger partial charge is 0.314 e. The van der Waals surface area contributed by atoms with Crippen molar-refractivity contribution in [2.75, 3.05) is 0 Å². The van der Waals surface area contributed by atoms with Gasteiger partial charge in [0.05, 0.1) is 4.92 Å². The fraction of sp³-hybridized carbons (Fsp3) is 0.0769. The number of hydrogen-bond donors (Lipinski definition) is 0. The average Bonchev–Trinajstić information content (AvgIpc) is 2.39. The zero-order valence-corrected chi connectivity index (χ0v) is 11.3. The molecular weight excluding hydrogens is 317 g/mol. The van der Waals surface area contributed by atoms with E-state index in [-0.39, 0.29) is 18.0 Å². The van der Waals surface area contributed by atoms with Crippen molar-refractivity contribution in [3.8, 4) is 5.75 Å². The molecule has 0 fully saturated rings. The number of benzene rings is 2. The van der Waals surface area contributed by atoms with Crippen LogP contribution in [0.4, 0.5) is 10.1 Å². The van der Waals surface area contributed by atoms with Crippen molar-refractivity contribution in [3.63, 3.8) is 0 Å². The molecule has 0 unspecified atom stereocenters. The zero-order valence-electron chi connectivity index (χ0n) is 9.68. The summed E-state index contributed by atoms with van der Waals surface area (Å²) in [5.74, 6) is -1.08. The molecule has 0 bridgehead atoms. The SMILES string of the molecule is O=[N+]([O-])c1cccc(F)c1OCc1ccc(Br)cc1. The minimum absolute atomic E-state index is 0.0645. The van der Waals surface area contributed by atoms with E-state index < -0.39 is 10.7 Å². The van der Waals surface area contributed by atoms with Crippen molar-refractivity contribution in [2.45, 2.75) is 6.61 Å². The van der Waals surface area contributed by atoms with E-state index in [1.54, 1.807) is 12.1 Å². The third-order valence-electron chi connectivity index (χ3n) is 2.44. The Morgan fingerprint density at radius 3 is 2.53 bits per heavy atom. The van der Waals surface area contributed by atoms with Crippen molar-refractivity contribution in [1.29, 1.82) is 0 Å². The van der Waals surface area contributed by atoms with Crippen LogP contribution in [0.2, 0.25) is 0 Å². The lowest BCUT2D eigenvalue weighted by Crippen LogP contribution is -2.01. The molecule has 0 spiro atoms. The first-order chi connectivity index (χ1) is 9.08. The number of nitrogens with zero attached hydrogens (tertiary/aromatic N) is 1. The molecule has 0 amide bonds. The van der Waals surface area contributed by atoms with Crippen molar-refractivity contribution in [1.82, 2.24) is 0 Å². The molecule has 0 aliphatic rings. The first-order valence-electron chi connectivity index (χ1n) is 5.38. The number of nitro groups is 1. The van der Waals surface area contributed by atoms with Crippen LogP contribution in [-0.2, 0) is 6.61 Å². The second-order valence-electron chi connectivity index (χ2n) is 3.76. The molecular formula is C13H9BrFNO3. The zero-order chi connectivity index (χ0) is 13.8. The lowest BCUT2D eigenvalue weighted by atomic mass is 10.2. The molecule has 0 atom stereocenters. The van der Waals surface area contributed by atoms with Crippen LogP contribution in [-0.4, -0.2) is 4.92 Å². The van der Waals surface area contributed by atoms with Gasteiger partial charge >= 0.3 is 5.69 Å². The molecule has 19 heavy (non-hydrogen) atoms. The molecule has 0 saturated carbocycles. The van der Waals surface area contributed by atoms with Crippen molar-refractivity contribution in [2.24, 2.45) is 0 Å². The molecule has 2 rings (SSSR count). The number of para-hydroxylation sites is 1. The molecule has 2 aromatic rings. The fourth-order valence-electron chi connectivity index (χ4n) is 1.52. The summed E-state index contributed by atoms with van der Waals surface area (Å²) < 4.78 is 19.7. The van der Waals surface area contributed by atoms with E-state index in [9.17, 15) is 14.5 Å². The predicted molar refractivity (Wildman–Crippen MR) is 71.5 cm³/mol. The standard InChI is InChI=1S/C13H9BrFNO3/c14-10-6-4-9(5-7-10)8-19-13-11(15)2-1-3-12(13)16(17)18/h1-7H,8H2. The van der Waals surface area contributed by atoms with E-state index in [0.717, 1.165) is 16.1 Å². The second-order valence-corrected chi connectivity index (χ2v) is 4.68. The Morgan fingerprint density at radius 1 is 1.21 bits per heavy atom. The van der Waals surface area contributed by atoms with Gasteiger partial charge in [0.25, 0.3) is 0 Å². The minimum atomic E-state index is -0.744. The van der Waals surface area contributed by atoms with E-state index in [1.165, 1.54) is 12.1 Å². The molecule has 0 aliphatic carbocycles. The number of rotatable bonds is 4. The summed E-state index contributed by atoms with van der Waals surface area (Å²) in [7, 11) is 0. The Bertz CT molecular complexity index is 601. The third-order valence-corrected chi connectivity index (χ3v) is 2.97. The lowest BCUT2D eigenvalue weighted by molar-refractivity contribution is -0.386. The predicted octanol–water partition coefficient (Wildman–Crippen LogP) is 4.08. The summed E-state index contributed by atoms with van der Waals surface area (Å²) in [6, 6.07) is 10.8. The summed E-state index contributed by atoms with van der Waals surface area (Å²) in [5.41, 5.74) is 0.415. The maximum absolute atomic E-state index is 13.5. The van der Waals surface area contributed by atoms with Gasteiger partial charge in [-0.25, -0.2) is 4.39 Å². The van der Waals surface area contributed by atoms with Crippen LogP contribution in [0.5, 0.6) is 5.75 Å². The molecule has 0 radical (unpaired) electrons. The Morgan fingerprint density at radius 2 is 1.89 bits per heavy atom. The largest absolute Gasteiger partial charge is 0.480 e. The van der Waals surface area contributed by atoms with Gasteiger partial charge in [0, 0.05) is 10.5 Å². The van der Waals surface area contributed by atoms with Crippen molar-refractivity contribution < 1.29 is 14.1 Å². The number of ether oxygens (including phenoxy) is 1. The maximum Gasteiger partial charge on any atom is 0.314 e. The van der Waals surface area contributed by atoms with Crippen LogP contribution in [0.1, 0.15) is 5.56 Å². The van der Waals surface area contributed by atoms with E-state index in [2.05, 4.69) is 15.9 Å². The molecule has 6 heteroatoms. The Hall–Kier alpha value is -1.95. The van der Waals surface area contributed by atoms with Gasteiger partial charge in [0.2, 0.25) is 5.75 Å². The second kappa shape index (κ2) is 5.79. The van der Waals surface area contributed by atoms with E-state index in [4.69, 9.17) is 4.74 Å². The van der Waals surface area contributed by atoms with Crippen molar-refractivity contribution >= 4 is 21.6 Å². The summed E-state index contributed by atoms with van der Waals surface area (Å²) in [4.78, 5) is 10.1. The van der Waals surface area contributed by atoms with Crippen LogP contribution >= 0.6 is 15.9 Å². The molecule has 0 N–H and O–H groups in total. The van der Waals surface area contributed by atoms with Gasteiger partial charge in [0.15, 0.2) is 5.82 Å². The van der Waals surface area contributed by atoms with E-state index in [1.807, 2.05) is 12.1 Å². The highest BCUT2D eigenvalue weighted by Crippen LogP contribution is 2.30. The van der Waals surface area contributed by atoms with Crippen LogP contribution in [0.3, 0.4) is 0 Å². The molecule has 2 aromatic carbocycles. The molecule has 0 heterocycles. The first kappa shape index (κ1) is 13.5. The van der Waals surface area contributed by atoms with Crippen LogP contribution in [0.15, 0.2) is 46.9 Å². The number of halogens is 2. The van der Waals surface area contributed by atoms with E-state index >= 15 is 0 Å². The summed E-state index contributed by atoms with van der Waals surface area (Å²) in [5, 5.41) is 10.8. The molecule has 0 aromatic heterocycles. The Labute approximate surface area is 117 Å². The van der Waals surface area contributed by atoms with Crippen LogP contribution in [0, 0.1) is 15.9 Å². The molecule has 0 aliphatic heterocycles. The van der Waals surface area contributed by atoms with Gasteiger partial charge in [0.1, 0.15) is 6.61 Å². The maximum atomic E-state index is 13.5. The highest BCUT2D eigenvalue weighted by atomic mass is 79.9. The van der Waals surface area contributed by atoms with Gasteiger partial charge in [-0.2, -0.15) is 0 Å². The highest BCUT2D eigenvalue weighted by molar-refractivity contribution is 9.10. The van der Waals surface area contributed by atoms with Gasteiger partial charge in [-0.3, -0.25) is 10.1 Å². The first-order valence-corrected chi connectivity index (χ1v) is 6.17. The normalized spacial score (nSPS) is 10.2. The third kappa shape index (κ3) is 3.29. The van der Waals surface area contributed by atoms with Crippen LogP contribution in [0.25, 0.3) is 0 Å².